The largest absolute Gasteiger partial charge is 0.273 e. The Labute approximate surface area is 153 Å². The molecule has 1 atom stereocenters. The van der Waals surface area contributed by atoms with Gasteiger partial charge in [0.2, 0.25) is 5.91 Å². The van der Waals surface area contributed by atoms with Crippen LogP contribution in [0.25, 0.3) is 0 Å². The summed E-state index contributed by atoms with van der Waals surface area (Å²) in [6.45, 7) is 1.50. The van der Waals surface area contributed by atoms with Crippen LogP contribution in [0.1, 0.15) is 30.5 Å². The Bertz CT molecular complexity index is 790. The lowest BCUT2D eigenvalue weighted by Gasteiger charge is -2.21. The molecular weight excluding hydrogens is 399 g/mol. The van der Waals surface area contributed by atoms with Crippen molar-refractivity contribution in [1.29, 1.82) is 0 Å². The quantitative estimate of drug-likeness (QED) is 0.646. The van der Waals surface area contributed by atoms with Crippen LogP contribution in [-0.4, -0.2) is 16.6 Å². The Hall–Kier alpha value is -1.36. The second kappa shape index (κ2) is 6.63. The van der Waals surface area contributed by atoms with Crippen LogP contribution in [0.4, 0.5) is 0 Å². The average Bonchev–Trinajstić information content (AvgIpc) is 2.93. The number of benzene rings is 2. The van der Waals surface area contributed by atoms with Gasteiger partial charge in [-0.25, -0.2) is 5.01 Å². The van der Waals surface area contributed by atoms with E-state index in [1.54, 1.807) is 12.1 Å². The number of hydrazone groups is 1. The minimum absolute atomic E-state index is 0.117. The van der Waals surface area contributed by atoms with Gasteiger partial charge in [-0.05, 0) is 35.4 Å². The third-order valence-corrected chi connectivity index (χ3v) is 4.82. The van der Waals surface area contributed by atoms with E-state index in [1.807, 2.05) is 30.3 Å². The van der Waals surface area contributed by atoms with Gasteiger partial charge in [0.15, 0.2) is 0 Å². The number of hydrogen-bond acceptors (Lipinski definition) is 2. The molecule has 1 aliphatic heterocycles. The molecule has 23 heavy (non-hydrogen) atoms. The molecule has 0 aromatic heterocycles. The van der Waals surface area contributed by atoms with Crippen molar-refractivity contribution in [3.8, 4) is 0 Å². The second-order valence-corrected chi connectivity index (χ2v) is 7.06. The van der Waals surface area contributed by atoms with Gasteiger partial charge < -0.3 is 0 Å². The normalized spacial score (nSPS) is 17.3. The molecule has 6 heteroatoms. The van der Waals surface area contributed by atoms with Crippen molar-refractivity contribution in [2.75, 3.05) is 0 Å². The molecule has 1 amide bonds. The number of amides is 1. The van der Waals surface area contributed by atoms with Crippen molar-refractivity contribution in [2.24, 2.45) is 5.10 Å². The van der Waals surface area contributed by atoms with Crippen LogP contribution in [0, 0.1) is 0 Å². The summed E-state index contributed by atoms with van der Waals surface area (Å²) in [5.74, 6) is -0.117. The number of carbonyl (C=O) groups is 1. The van der Waals surface area contributed by atoms with Gasteiger partial charge in [0.05, 0.1) is 11.8 Å². The highest BCUT2D eigenvalue weighted by atomic mass is 79.9. The Morgan fingerprint density at radius 1 is 1.22 bits per heavy atom. The first-order valence-corrected chi connectivity index (χ1v) is 8.59. The van der Waals surface area contributed by atoms with Crippen molar-refractivity contribution in [3.05, 3.63) is 68.1 Å². The summed E-state index contributed by atoms with van der Waals surface area (Å²) >= 11 is 15.7. The Morgan fingerprint density at radius 2 is 1.91 bits per heavy atom. The average molecular weight is 412 g/mol. The molecule has 0 spiro atoms. The van der Waals surface area contributed by atoms with Crippen LogP contribution in [0.2, 0.25) is 10.0 Å². The monoisotopic (exact) mass is 410 g/mol. The molecular formula is C17H13BrCl2N2O. The first-order valence-electron chi connectivity index (χ1n) is 7.04. The SMILES string of the molecule is CC(=O)N1N=C(c2ccc(Br)cc2)CC1c1ccc(Cl)cc1Cl. The van der Waals surface area contributed by atoms with Gasteiger partial charge in [0.1, 0.15) is 0 Å². The summed E-state index contributed by atoms with van der Waals surface area (Å²) in [4.78, 5) is 12.0. The Morgan fingerprint density at radius 3 is 2.52 bits per heavy atom. The van der Waals surface area contributed by atoms with Gasteiger partial charge in [0, 0.05) is 27.9 Å². The maximum absolute atomic E-state index is 12.0. The van der Waals surface area contributed by atoms with E-state index in [1.165, 1.54) is 11.9 Å². The van der Waals surface area contributed by atoms with Gasteiger partial charge in [-0.15, -0.1) is 0 Å². The highest BCUT2D eigenvalue weighted by Gasteiger charge is 2.32. The number of nitrogens with zero attached hydrogens (tertiary/aromatic N) is 2. The zero-order chi connectivity index (χ0) is 16.6. The Balaban J connectivity index is 1.97. The highest BCUT2D eigenvalue weighted by molar-refractivity contribution is 9.10. The van der Waals surface area contributed by atoms with E-state index in [0.29, 0.717) is 16.5 Å². The van der Waals surface area contributed by atoms with Crippen molar-refractivity contribution in [2.45, 2.75) is 19.4 Å². The third-order valence-electron chi connectivity index (χ3n) is 3.73. The molecule has 2 aromatic carbocycles. The molecule has 0 aliphatic carbocycles. The molecule has 1 heterocycles. The van der Waals surface area contributed by atoms with Crippen LogP contribution in [-0.2, 0) is 4.79 Å². The molecule has 0 radical (unpaired) electrons. The van der Waals surface area contributed by atoms with Crippen molar-refractivity contribution in [1.82, 2.24) is 5.01 Å². The molecule has 0 fully saturated rings. The second-order valence-electron chi connectivity index (χ2n) is 5.30. The molecule has 1 unspecified atom stereocenters. The number of carbonyl (C=O) groups excluding carboxylic acids is 1. The lowest BCUT2D eigenvalue weighted by Crippen LogP contribution is -2.24. The lowest BCUT2D eigenvalue weighted by atomic mass is 9.98. The first kappa shape index (κ1) is 16.5. The van der Waals surface area contributed by atoms with E-state index in [9.17, 15) is 4.79 Å². The fourth-order valence-corrected chi connectivity index (χ4v) is 3.43. The standard InChI is InChI=1S/C17H13BrCl2N2O/c1-10(23)22-17(14-7-6-13(19)8-15(14)20)9-16(21-22)11-2-4-12(18)5-3-11/h2-8,17H,9H2,1H3. The topological polar surface area (TPSA) is 32.7 Å². The van der Waals surface area contributed by atoms with Gasteiger partial charge in [-0.3, -0.25) is 4.79 Å². The van der Waals surface area contributed by atoms with E-state index in [0.717, 1.165) is 21.3 Å². The molecule has 3 nitrogen and oxygen atoms in total. The predicted octanol–water partition coefficient (Wildman–Crippen LogP) is 5.45. The molecule has 118 valence electrons. The fraction of sp³-hybridized carbons (Fsp3) is 0.176. The van der Waals surface area contributed by atoms with Crippen LogP contribution >= 0.6 is 39.1 Å². The van der Waals surface area contributed by atoms with Gasteiger partial charge in [-0.1, -0.05) is 57.3 Å². The van der Waals surface area contributed by atoms with E-state index in [-0.39, 0.29) is 11.9 Å². The third kappa shape index (κ3) is 3.44. The minimum atomic E-state index is -0.212. The van der Waals surface area contributed by atoms with Crippen LogP contribution in [0.15, 0.2) is 52.0 Å². The number of halogens is 3. The number of hydrogen-bond donors (Lipinski definition) is 0. The smallest absolute Gasteiger partial charge is 0.240 e. The number of rotatable bonds is 2. The van der Waals surface area contributed by atoms with E-state index in [2.05, 4.69) is 21.0 Å². The Kier molecular flexibility index (Phi) is 4.76. The summed E-state index contributed by atoms with van der Waals surface area (Å²) < 4.78 is 1.00. The first-order chi connectivity index (χ1) is 11.0. The van der Waals surface area contributed by atoms with E-state index in [4.69, 9.17) is 23.2 Å². The zero-order valence-corrected chi connectivity index (χ0v) is 15.4. The molecule has 0 bridgehead atoms. The van der Waals surface area contributed by atoms with Crippen LogP contribution in [0.5, 0.6) is 0 Å². The minimum Gasteiger partial charge on any atom is -0.273 e. The van der Waals surface area contributed by atoms with E-state index < -0.39 is 0 Å². The molecule has 1 aliphatic rings. The summed E-state index contributed by atoms with van der Waals surface area (Å²) in [5, 5.41) is 7.11. The molecule has 2 aromatic rings. The maximum atomic E-state index is 12.0. The summed E-state index contributed by atoms with van der Waals surface area (Å²) in [6, 6.07) is 13.0. The molecule has 0 saturated heterocycles. The lowest BCUT2D eigenvalue weighted by molar-refractivity contribution is -0.130. The molecule has 3 rings (SSSR count). The van der Waals surface area contributed by atoms with Crippen LogP contribution in [0.3, 0.4) is 0 Å². The van der Waals surface area contributed by atoms with Crippen molar-refractivity contribution < 1.29 is 4.79 Å². The summed E-state index contributed by atoms with van der Waals surface area (Å²) in [6.07, 6.45) is 0.614. The van der Waals surface area contributed by atoms with Gasteiger partial charge in [-0.2, -0.15) is 5.10 Å². The van der Waals surface area contributed by atoms with Crippen LogP contribution < -0.4 is 0 Å². The maximum Gasteiger partial charge on any atom is 0.240 e. The zero-order valence-electron chi connectivity index (χ0n) is 12.3. The van der Waals surface area contributed by atoms with Gasteiger partial charge >= 0.3 is 0 Å². The summed E-state index contributed by atoms with van der Waals surface area (Å²) in [5.41, 5.74) is 2.71. The molecule has 0 saturated carbocycles. The predicted molar refractivity (Wildman–Crippen MR) is 97.0 cm³/mol. The molecule has 0 N–H and O–H groups in total. The summed E-state index contributed by atoms with van der Waals surface area (Å²) in [7, 11) is 0. The van der Waals surface area contributed by atoms with Crippen molar-refractivity contribution in [3.63, 3.8) is 0 Å². The highest BCUT2D eigenvalue weighted by Crippen LogP contribution is 2.37. The fourth-order valence-electron chi connectivity index (χ4n) is 2.63. The van der Waals surface area contributed by atoms with Gasteiger partial charge in [0.25, 0.3) is 0 Å². The van der Waals surface area contributed by atoms with Crippen molar-refractivity contribution >= 4 is 50.8 Å². The van der Waals surface area contributed by atoms with E-state index >= 15 is 0 Å².